The van der Waals surface area contributed by atoms with Gasteiger partial charge in [-0.3, -0.25) is 4.79 Å². The van der Waals surface area contributed by atoms with Crippen molar-refractivity contribution in [1.82, 2.24) is 15.1 Å². The normalized spacial score (nSPS) is 15.2. The lowest BCUT2D eigenvalue weighted by atomic mass is 9.96. The molecule has 1 aromatic carbocycles. The maximum absolute atomic E-state index is 12.5. The number of rotatable bonds is 5. The van der Waals surface area contributed by atoms with Gasteiger partial charge in [0.25, 0.3) is 0 Å². The second kappa shape index (κ2) is 9.58. The molecule has 0 aliphatic carbocycles. The summed E-state index contributed by atoms with van der Waals surface area (Å²) in [6.45, 7) is 6.57. The predicted octanol–water partition coefficient (Wildman–Crippen LogP) is 4.42. The average molecular weight is 435 g/mol. The fraction of sp³-hybridized carbons (Fsp3) is 0.500. The summed E-state index contributed by atoms with van der Waals surface area (Å²) in [6.07, 6.45) is 0.902. The van der Waals surface area contributed by atoms with Gasteiger partial charge in [0.2, 0.25) is 11.0 Å². The van der Waals surface area contributed by atoms with Crippen LogP contribution < -0.4 is 5.32 Å². The third-order valence-electron chi connectivity index (χ3n) is 4.36. The third kappa shape index (κ3) is 6.71. The Hall–Kier alpha value is -2.13. The highest BCUT2D eigenvalue weighted by molar-refractivity contribution is 8.00. The molecule has 1 fully saturated rings. The predicted molar refractivity (Wildman–Crippen MR) is 115 cm³/mol. The number of benzene rings is 1. The van der Waals surface area contributed by atoms with Crippen molar-refractivity contribution in [1.29, 1.82) is 0 Å². The van der Waals surface area contributed by atoms with E-state index in [0.717, 1.165) is 10.1 Å². The highest BCUT2D eigenvalue weighted by atomic mass is 32.2. The molecule has 29 heavy (non-hydrogen) atoms. The van der Waals surface area contributed by atoms with Gasteiger partial charge in [-0.05, 0) is 39.2 Å². The van der Waals surface area contributed by atoms with Gasteiger partial charge >= 0.3 is 6.09 Å². The Kier molecular flexibility index (Phi) is 7.13. The van der Waals surface area contributed by atoms with Crippen molar-refractivity contribution in [2.45, 2.75) is 49.3 Å². The minimum atomic E-state index is -0.515. The summed E-state index contributed by atoms with van der Waals surface area (Å²) in [5.74, 6) is 0.606. The standard InChI is InChI=1S/C20H26N4O3S2/c1-20(2,3)27-19(26)24-11-9-15(10-12-24)16(25)21-17-22-23-18(29-17)28-13-14-7-5-4-6-8-14/h4-8,15H,9-13H2,1-3H3,(H,21,22,25). The first-order valence-electron chi connectivity index (χ1n) is 9.59. The summed E-state index contributed by atoms with van der Waals surface area (Å²) in [5, 5.41) is 11.6. The Bertz CT molecular complexity index is 828. The summed E-state index contributed by atoms with van der Waals surface area (Å²) in [6, 6.07) is 10.1. The van der Waals surface area contributed by atoms with Crippen molar-refractivity contribution < 1.29 is 14.3 Å². The number of ether oxygens (including phenoxy) is 1. The molecule has 9 heteroatoms. The van der Waals surface area contributed by atoms with Crippen molar-refractivity contribution in [2.75, 3.05) is 18.4 Å². The molecule has 0 bridgehead atoms. The van der Waals surface area contributed by atoms with Crippen molar-refractivity contribution in [3.63, 3.8) is 0 Å². The Labute approximate surface area is 179 Å². The molecule has 1 N–H and O–H groups in total. The number of hydrogen-bond acceptors (Lipinski definition) is 7. The Balaban J connectivity index is 1.44. The number of hydrogen-bond donors (Lipinski definition) is 1. The molecule has 1 aliphatic heterocycles. The fourth-order valence-corrected chi connectivity index (χ4v) is 4.61. The number of carbonyl (C=O) groups excluding carboxylic acids is 2. The third-order valence-corrected chi connectivity index (χ3v) is 6.40. The molecule has 0 spiro atoms. The van der Waals surface area contributed by atoms with Crippen LogP contribution in [0.1, 0.15) is 39.2 Å². The molecule has 0 saturated carbocycles. The average Bonchev–Trinajstić information content (AvgIpc) is 3.13. The highest BCUT2D eigenvalue weighted by Gasteiger charge is 2.30. The summed E-state index contributed by atoms with van der Waals surface area (Å²) in [5.41, 5.74) is 0.703. The smallest absolute Gasteiger partial charge is 0.410 e. The molecule has 1 aromatic heterocycles. The minimum absolute atomic E-state index is 0.0652. The molecular formula is C20H26N4O3S2. The molecule has 1 aliphatic rings. The van der Waals surface area contributed by atoms with E-state index >= 15 is 0 Å². The number of thioether (sulfide) groups is 1. The minimum Gasteiger partial charge on any atom is -0.444 e. The molecule has 0 radical (unpaired) electrons. The van der Waals surface area contributed by atoms with E-state index in [9.17, 15) is 9.59 Å². The highest BCUT2D eigenvalue weighted by Crippen LogP contribution is 2.29. The van der Waals surface area contributed by atoms with E-state index in [1.54, 1.807) is 16.7 Å². The lowest BCUT2D eigenvalue weighted by molar-refractivity contribution is -0.121. The zero-order valence-electron chi connectivity index (χ0n) is 16.9. The zero-order chi connectivity index (χ0) is 20.9. The molecule has 0 unspecified atom stereocenters. The summed E-state index contributed by atoms with van der Waals surface area (Å²) < 4.78 is 6.22. The van der Waals surface area contributed by atoms with Crippen LogP contribution >= 0.6 is 23.1 Å². The van der Waals surface area contributed by atoms with E-state index in [1.165, 1.54) is 16.9 Å². The summed E-state index contributed by atoms with van der Waals surface area (Å²) >= 11 is 2.98. The van der Waals surface area contributed by atoms with Gasteiger partial charge in [-0.1, -0.05) is 53.4 Å². The molecule has 0 atom stereocenters. The van der Waals surface area contributed by atoms with Gasteiger partial charge in [0.15, 0.2) is 4.34 Å². The maximum atomic E-state index is 12.5. The van der Waals surface area contributed by atoms with Crippen LogP contribution in [0.5, 0.6) is 0 Å². The summed E-state index contributed by atoms with van der Waals surface area (Å²) in [4.78, 5) is 26.3. The molecule has 1 saturated heterocycles. The monoisotopic (exact) mass is 434 g/mol. The van der Waals surface area contributed by atoms with E-state index < -0.39 is 5.60 Å². The first-order chi connectivity index (χ1) is 13.8. The number of piperidine rings is 1. The number of nitrogens with one attached hydrogen (secondary N) is 1. The molecule has 156 valence electrons. The largest absolute Gasteiger partial charge is 0.444 e. The van der Waals surface area contributed by atoms with Crippen LogP contribution in [-0.4, -0.2) is 45.8 Å². The van der Waals surface area contributed by atoms with Crippen LogP contribution in [0.4, 0.5) is 9.93 Å². The quantitative estimate of drug-likeness (QED) is 0.554. The molecule has 2 amide bonds. The van der Waals surface area contributed by atoms with Crippen molar-refractivity contribution in [3.8, 4) is 0 Å². The van der Waals surface area contributed by atoms with Crippen LogP contribution in [0.2, 0.25) is 0 Å². The lowest BCUT2D eigenvalue weighted by Crippen LogP contribution is -2.43. The Morgan fingerprint density at radius 3 is 2.55 bits per heavy atom. The van der Waals surface area contributed by atoms with E-state index in [1.807, 2.05) is 39.0 Å². The van der Waals surface area contributed by atoms with Gasteiger partial charge < -0.3 is 15.0 Å². The number of amides is 2. The Morgan fingerprint density at radius 2 is 1.90 bits per heavy atom. The van der Waals surface area contributed by atoms with Crippen LogP contribution in [0.15, 0.2) is 34.7 Å². The van der Waals surface area contributed by atoms with E-state index in [0.29, 0.717) is 31.1 Å². The topological polar surface area (TPSA) is 84.4 Å². The molecule has 2 heterocycles. The lowest BCUT2D eigenvalue weighted by Gasteiger charge is -2.32. The van der Waals surface area contributed by atoms with E-state index in [2.05, 4.69) is 27.6 Å². The van der Waals surface area contributed by atoms with Gasteiger partial charge in [-0.15, -0.1) is 10.2 Å². The van der Waals surface area contributed by atoms with Crippen LogP contribution in [0, 0.1) is 5.92 Å². The van der Waals surface area contributed by atoms with Crippen molar-refractivity contribution in [2.24, 2.45) is 5.92 Å². The zero-order valence-corrected chi connectivity index (χ0v) is 18.5. The van der Waals surface area contributed by atoms with Crippen LogP contribution in [-0.2, 0) is 15.3 Å². The van der Waals surface area contributed by atoms with Crippen LogP contribution in [0.25, 0.3) is 0 Å². The van der Waals surface area contributed by atoms with Crippen LogP contribution in [0.3, 0.4) is 0 Å². The number of nitrogens with zero attached hydrogens (tertiary/aromatic N) is 3. The van der Waals surface area contributed by atoms with Gasteiger partial charge in [0.05, 0.1) is 0 Å². The van der Waals surface area contributed by atoms with Gasteiger partial charge in [0.1, 0.15) is 5.60 Å². The number of likely N-dealkylation sites (tertiary alicyclic amines) is 1. The molecule has 3 rings (SSSR count). The second-order valence-electron chi connectivity index (χ2n) is 7.88. The Morgan fingerprint density at radius 1 is 1.21 bits per heavy atom. The fourth-order valence-electron chi connectivity index (χ4n) is 2.90. The number of anilines is 1. The van der Waals surface area contributed by atoms with Gasteiger partial charge in [-0.2, -0.15) is 0 Å². The maximum Gasteiger partial charge on any atom is 0.410 e. The van der Waals surface area contributed by atoms with Crippen molar-refractivity contribution >= 4 is 40.2 Å². The van der Waals surface area contributed by atoms with E-state index in [4.69, 9.17) is 4.74 Å². The second-order valence-corrected chi connectivity index (χ2v) is 10.1. The first-order valence-corrected chi connectivity index (χ1v) is 11.4. The van der Waals surface area contributed by atoms with Gasteiger partial charge in [0, 0.05) is 24.8 Å². The molecule has 7 nitrogen and oxygen atoms in total. The SMILES string of the molecule is CC(C)(C)OC(=O)N1CCC(C(=O)Nc2nnc(SCc3ccccc3)s2)CC1. The van der Waals surface area contributed by atoms with Gasteiger partial charge in [-0.25, -0.2) is 4.79 Å². The molecular weight excluding hydrogens is 408 g/mol. The first kappa shape index (κ1) is 21.6. The van der Waals surface area contributed by atoms with Crippen molar-refractivity contribution in [3.05, 3.63) is 35.9 Å². The molecule has 2 aromatic rings. The summed E-state index contributed by atoms with van der Waals surface area (Å²) in [7, 11) is 0. The number of carbonyl (C=O) groups is 2. The van der Waals surface area contributed by atoms with E-state index in [-0.39, 0.29) is 17.9 Å². The number of aromatic nitrogens is 2.